The molecule has 0 radical (unpaired) electrons. The summed E-state index contributed by atoms with van der Waals surface area (Å²) >= 11 is 0. The molecule has 0 bridgehead atoms. The van der Waals surface area contributed by atoms with Gasteiger partial charge >= 0.3 is 0 Å². The summed E-state index contributed by atoms with van der Waals surface area (Å²) in [5.41, 5.74) is 1.23. The molecular weight excluding hydrogens is 176 g/mol. The Balaban J connectivity index is 3.25. The van der Waals surface area contributed by atoms with Gasteiger partial charge in [-0.2, -0.15) is 5.26 Å². The number of aryl methyl sites for hydroxylation is 1. The van der Waals surface area contributed by atoms with Gasteiger partial charge in [0, 0.05) is 5.41 Å². The van der Waals surface area contributed by atoms with Crippen molar-refractivity contribution in [1.29, 1.82) is 5.26 Å². The molecule has 0 saturated heterocycles. The van der Waals surface area contributed by atoms with Gasteiger partial charge in [0.15, 0.2) is 5.76 Å². The molecule has 0 aliphatic rings. The fraction of sp³-hybridized carbons (Fsp3) is 0.636. The minimum Gasteiger partial charge on any atom is -0.359 e. The van der Waals surface area contributed by atoms with Crippen molar-refractivity contribution in [2.75, 3.05) is 0 Å². The Morgan fingerprint density at radius 1 is 1.43 bits per heavy atom. The summed E-state index contributed by atoms with van der Waals surface area (Å²) in [6.07, 6.45) is 1.90. The summed E-state index contributed by atoms with van der Waals surface area (Å²) in [4.78, 5) is 0. The zero-order chi connectivity index (χ0) is 10.8. The normalized spacial score (nSPS) is 11.4. The van der Waals surface area contributed by atoms with E-state index in [1.54, 1.807) is 6.92 Å². The van der Waals surface area contributed by atoms with Crippen molar-refractivity contribution in [2.24, 2.45) is 0 Å². The summed E-state index contributed by atoms with van der Waals surface area (Å²) in [5.74, 6) is 0.738. The lowest BCUT2D eigenvalue weighted by Crippen LogP contribution is -2.20. The monoisotopic (exact) mass is 192 g/mol. The molecule has 0 aliphatic heterocycles. The lowest BCUT2D eigenvalue weighted by atomic mass is 9.80. The number of rotatable bonds is 3. The molecule has 3 nitrogen and oxygen atoms in total. The predicted molar refractivity (Wildman–Crippen MR) is 53.9 cm³/mol. The number of nitriles is 1. The fourth-order valence-electron chi connectivity index (χ4n) is 1.48. The van der Waals surface area contributed by atoms with Crippen LogP contribution in [0.2, 0.25) is 0 Å². The van der Waals surface area contributed by atoms with Gasteiger partial charge in [0.05, 0.1) is 5.69 Å². The van der Waals surface area contributed by atoms with E-state index >= 15 is 0 Å². The second-order valence-electron chi connectivity index (χ2n) is 3.85. The molecule has 1 aromatic heterocycles. The average Bonchev–Trinajstić information content (AvgIpc) is 2.58. The molecule has 76 valence electrons. The molecule has 0 atom stereocenters. The highest BCUT2D eigenvalue weighted by Crippen LogP contribution is 2.34. The smallest absolute Gasteiger partial charge is 0.160 e. The Bertz CT molecular complexity index is 356. The number of nitrogens with zero attached hydrogens (tertiary/aromatic N) is 2. The van der Waals surface area contributed by atoms with Crippen molar-refractivity contribution < 1.29 is 4.52 Å². The molecule has 1 rings (SSSR count). The standard InChI is InChI=1S/C11H16N2O/c1-5-11(4,6-2)10-9(7-12)8(3)13-14-10/h5-6H2,1-4H3. The highest BCUT2D eigenvalue weighted by atomic mass is 16.5. The van der Waals surface area contributed by atoms with Crippen molar-refractivity contribution in [3.63, 3.8) is 0 Å². The van der Waals surface area contributed by atoms with E-state index in [0.717, 1.165) is 18.6 Å². The quantitative estimate of drug-likeness (QED) is 0.739. The summed E-state index contributed by atoms with van der Waals surface area (Å²) in [6.45, 7) is 8.11. The molecule has 0 saturated carbocycles. The third-order valence-corrected chi connectivity index (χ3v) is 3.08. The topological polar surface area (TPSA) is 49.8 Å². The molecule has 0 unspecified atom stereocenters. The Labute approximate surface area is 84.7 Å². The van der Waals surface area contributed by atoms with E-state index in [-0.39, 0.29) is 5.41 Å². The van der Waals surface area contributed by atoms with E-state index < -0.39 is 0 Å². The van der Waals surface area contributed by atoms with Gasteiger partial charge < -0.3 is 4.52 Å². The summed E-state index contributed by atoms with van der Waals surface area (Å²) in [7, 11) is 0. The molecule has 0 amide bonds. The molecule has 1 heterocycles. The lowest BCUT2D eigenvalue weighted by molar-refractivity contribution is 0.287. The first-order chi connectivity index (χ1) is 6.59. The van der Waals surface area contributed by atoms with Crippen LogP contribution in [0, 0.1) is 18.3 Å². The predicted octanol–water partition coefficient (Wildman–Crippen LogP) is 2.93. The second kappa shape index (κ2) is 3.83. The Hall–Kier alpha value is -1.30. The van der Waals surface area contributed by atoms with E-state index in [1.165, 1.54) is 0 Å². The zero-order valence-electron chi connectivity index (χ0n) is 9.22. The zero-order valence-corrected chi connectivity index (χ0v) is 9.22. The largest absolute Gasteiger partial charge is 0.359 e. The van der Waals surface area contributed by atoms with Crippen molar-refractivity contribution in [1.82, 2.24) is 5.16 Å². The van der Waals surface area contributed by atoms with Crippen molar-refractivity contribution in [2.45, 2.75) is 46.0 Å². The second-order valence-corrected chi connectivity index (χ2v) is 3.85. The van der Waals surface area contributed by atoms with Crippen molar-refractivity contribution in [3.05, 3.63) is 17.0 Å². The van der Waals surface area contributed by atoms with Crippen LogP contribution in [0.3, 0.4) is 0 Å². The molecule has 1 aromatic rings. The van der Waals surface area contributed by atoms with Gasteiger partial charge in [0.25, 0.3) is 0 Å². The van der Waals surface area contributed by atoms with Gasteiger partial charge in [-0.1, -0.05) is 25.9 Å². The third-order valence-electron chi connectivity index (χ3n) is 3.08. The van der Waals surface area contributed by atoms with Crippen molar-refractivity contribution >= 4 is 0 Å². The van der Waals surface area contributed by atoms with Gasteiger partial charge in [-0.05, 0) is 19.8 Å². The Morgan fingerprint density at radius 2 is 2.00 bits per heavy atom. The van der Waals surface area contributed by atoms with Crippen LogP contribution < -0.4 is 0 Å². The molecule has 0 N–H and O–H groups in total. The highest BCUT2D eigenvalue weighted by Gasteiger charge is 2.31. The first-order valence-electron chi connectivity index (χ1n) is 4.96. The maximum absolute atomic E-state index is 8.99. The van der Waals surface area contributed by atoms with Crippen LogP contribution >= 0.6 is 0 Å². The van der Waals surface area contributed by atoms with Crippen molar-refractivity contribution in [3.8, 4) is 6.07 Å². The molecule has 0 aromatic carbocycles. The van der Waals surface area contributed by atoms with Crippen LogP contribution in [0.1, 0.15) is 50.6 Å². The van der Waals surface area contributed by atoms with E-state index in [0.29, 0.717) is 11.3 Å². The van der Waals surface area contributed by atoms with E-state index in [2.05, 4.69) is 32.0 Å². The molecule has 0 aliphatic carbocycles. The number of aromatic nitrogens is 1. The summed E-state index contributed by atoms with van der Waals surface area (Å²) in [5, 5.41) is 12.8. The molecule has 3 heteroatoms. The Morgan fingerprint density at radius 3 is 2.43 bits per heavy atom. The van der Waals surface area contributed by atoms with Gasteiger partial charge in [-0.15, -0.1) is 0 Å². The minimum absolute atomic E-state index is 0.0632. The van der Waals surface area contributed by atoms with Gasteiger partial charge in [0.1, 0.15) is 11.6 Å². The number of hydrogen-bond acceptors (Lipinski definition) is 3. The van der Waals surface area contributed by atoms with Crippen LogP contribution in [0.5, 0.6) is 0 Å². The van der Waals surface area contributed by atoms with E-state index in [1.807, 2.05) is 0 Å². The van der Waals surface area contributed by atoms with Crippen LogP contribution in [-0.4, -0.2) is 5.16 Å². The maximum Gasteiger partial charge on any atom is 0.160 e. The minimum atomic E-state index is -0.0632. The van der Waals surface area contributed by atoms with Crippen LogP contribution in [0.25, 0.3) is 0 Å². The van der Waals surface area contributed by atoms with Gasteiger partial charge in [-0.3, -0.25) is 0 Å². The molecular formula is C11H16N2O. The highest BCUT2D eigenvalue weighted by molar-refractivity contribution is 5.38. The number of hydrogen-bond donors (Lipinski definition) is 0. The molecule has 0 spiro atoms. The van der Waals surface area contributed by atoms with E-state index in [4.69, 9.17) is 9.78 Å². The maximum atomic E-state index is 8.99. The van der Waals surface area contributed by atoms with Crippen LogP contribution in [0.15, 0.2) is 4.52 Å². The first-order valence-corrected chi connectivity index (χ1v) is 4.96. The SMILES string of the molecule is CCC(C)(CC)c1onc(C)c1C#N. The van der Waals surface area contributed by atoms with Gasteiger partial charge in [-0.25, -0.2) is 0 Å². The molecule has 0 fully saturated rings. The van der Waals surface area contributed by atoms with Crippen LogP contribution in [-0.2, 0) is 5.41 Å². The summed E-state index contributed by atoms with van der Waals surface area (Å²) < 4.78 is 5.26. The Kier molecular flexibility index (Phi) is 2.95. The van der Waals surface area contributed by atoms with Crippen LogP contribution in [0.4, 0.5) is 0 Å². The summed E-state index contributed by atoms with van der Waals surface area (Å²) in [6, 6.07) is 2.16. The third kappa shape index (κ3) is 1.52. The first kappa shape index (κ1) is 10.8. The lowest BCUT2D eigenvalue weighted by Gasteiger charge is -2.23. The fourth-order valence-corrected chi connectivity index (χ4v) is 1.48. The van der Waals surface area contributed by atoms with Gasteiger partial charge in [0.2, 0.25) is 0 Å². The van der Waals surface area contributed by atoms with E-state index in [9.17, 15) is 0 Å². The molecule has 14 heavy (non-hydrogen) atoms. The average molecular weight is 192 g/mol.